The molecule has 1 unspecified atom stereocenters. The Hall–Kier alpha value is -2.86. The first-order chi connectivity index (χ1) is 13.9. The first-order valence-corrected chi connectivity index (χ1v) is 11.2. The smallest absolute Gasteiger partial charge is 0.345 e. The second kappa shape index (κ2) is 7.76. The summed E-state index contributed by atoms with van der Waals surface area (Å²) in [6.07, 6.45) is 1.52. The molecule has 0 aliphatic carbocycles. The molecule has 162 valence electrons. The number of hydrogen-bond acceptors (Lipinski definition) is 8. The van der Waals surface area contributed by atoms with Crippen LogP contribution >= 0.6 is 11.3 Å². The number of thiophene rings is 1. The highest BCUT2D eigenvalue weighted by molar-refractivity contribution is 7.89. The fourth-order valence-electron chi connectivity index (χ4n) is 2.71. The van der Waals surface area contributed by atoms with E-state index in [4.69, 9.17) is 4.42 Å². The maximum absolute atomic E-state index is 12.1. The topological polar surface area (TPSA) is 137 Å². The van der Waals surface area contributed by atoms with Gasteiger partial charge in [0, 0.05) is 19.5 Å². The Morgan fingerprint density at radius 1 is 1.40 bits per heavy atom. The minimum Gasteiger partial charge on any atom is -0.504 e. The highest BCUT2D eigenvalue weighted by Crippen LogP contribution is 2.38. The molecule has 0 radical (unpaired) electrons. The fourth-order valence-corrected chi connectivity index (χ4v) is 4.43. The summed E-state index contributed by atoms with van der Waals surface area (Å²) in [6, 6.07) is 2.99. The number of nitrogens with zero attached hydrogens (tertiary/aromatic N) is 3. The monoisotopic (exact) mass is 453 g/mol. The van der Waals surface area contributed by atoms with Gasteiger partial charge in [-0.1, -0.05) is 20.8 Å². The second-order valence-electron chi connectivity index (χ2n) is 7.93. The maximum Gasteiger partial charge on any atom is 0.345 e. The molecule has 3 rings (SSSR count). The van der Waals surface area contributed by atoms with E-state index in [9.17, 15) is 18.3 Å². The summed E-state index contributed by atoms with van der Waals surface area (Å²) in [5.41, 5.74) is -0.236. The number of hydrogen-bond donors (Lipinski definition) is 3. The molecule has 12 heteroatoms. The summed E-state index contributed by atoms with van der Waals surface area (Å²) in [5.74, 6) is -0.199. The number of anilines is 1. The highest BCUT2D eigenvalue weighted by atomic mass is 32.2. The van der Waals surface area contributed by atoms with Crippen LogP contribution in [-0.2, 0) is 10.2 Å². The number of nitrogens with one attached hydrogen (secondary N) is 2. The summed E-state index contributed by atoms with van der Waals surface area (Å²) in [7, 11) is -0.865. The molecule has 3 heterocycles. The van der Waals surface area contributed by atoms with Crippen LogP contribution in [0.2, 0.25) is 0 Å². The van der Waals surface area contributed by atoms with Gasteiger partial charge < -0.3 is 19.7 Å². The standard InChI is InChI=1S/C18H23N5O5S2/c1-18(2,3)14(11-7-6-8-28-11)20-16-15(21-30(26,27)22-16)19-10-9-29-13(12(10)24)17(25)23(4)5/h6-9,14,24H,1-5H3,(H,19,21)(H,20,22). The van der Waals surface area contributed by atoms with Crippen LogP contribution in [0.5, 0.6) is 5.75 Å². The molecule has 10 nitrogen and oxygen atoms in total. The number of amides is 1. The van der Waals surface area contributed by atoms with Crippen LogP contribution in [0.25, 0.3) is 0 Å². The van der Waals surface area contributed by atoms with Crippen LogP contribution in [0.1, 0.15) is 42.2 Å². The van der Waals surface area contributed by atoms with Crippen molar-refractivity contribution in [1.82, 2.24) is 9.62 Å². The van der Waals surface area contributed by atoms with Gasteiger partial charge in [0.15, 0.2) is 17.4 Å². The third kappa shape index (κ3) is 4.49. The zero-order chi connectivity index (χ0) is 22.3. The average molecular weight is 454 g/mol. The summed E-state index contributed by atoms with van der Waals surface area (Å²) < 4.78 is 35.6. The van der Waals surface area contributed by atoms with Gasteiger partial charge in [-0.15, -0.1) is 15.7 Å². The van der Waals surface area contributed by atoms with Gasteiger partial charge in [0.25, 0.3) is 5.91 Å². The Balaban J connectivity index is 1.97. The van der Waals surface area contributed by atoms with E-state index in [0.717, 1.165) is 11.3 Å². The van der Waals surface area contributed by atoms with E-state index < -0.39 is 16.3 Å². The van der Waals surface area contributed by atoms with Gasteiger partial charge in [-0.3, -0.25) is 9.79 Å². The summed E-state index contributed by atoms with van der Waals surface area (Å²) >= 11 is 1.03. The van der Waals surface area contributed by atoms with Gasteiger partial charge in [-0.05, 0) is 17.5 Å². The number of aliphatic imine (C=N–C) groups is 1. The molecule has 0 fully saturated rings. The number of aromatic hydroxyl groups is 1. The molecule has 1 aliphatic heterocycles. The molecule has 0 bridgehead atoms. The SMILES string of the molecule is CN(C)C(=O)c1scc(NC2=NS(=O)(=O)NC2=NC(c2ccco2)C(C)(C)C)c1O. The zero-order valence-electron chi connectivity index (χ0n) is 17.1. The Morgan fingerprint density at radius 3 is 2.67 bits per heavy atom. The van der Waals surface area contributed by atoms with Gasteiger partial charge in [0.2, 0.25) is 0 Å². The number of rotatable bonds is 4. The number of furan rings is 1. The largest absolute Gasteiger partial charge is 0.504 e. The molecule has 1 atom stereocenters. The number of carbonyl (C=O) groups is 1. The molecule has 0 aromatic carbocycles. The van der Waals surface area contributed by atoms with Crippen LogP contribution in [-0.4, -0.2) is 50.1 Å². The van der Waals surface area contributed by atoms with E-state index in [1.807, 2.05) is 20.8 Å². The van der Waals surface area contributed by atoms with Crippen molar-refractivity contribution in [2.24, 2.45) is 14.8 Å². The fraction of sp³-hybridized carbons (Fsp3) is 0.389. The van der Waals surface area contributed by atoms with Gasteiger partial charge in [0.05, 0.1) is 12.0 Å². The summed E-state index contributed by atoms with van der Waals surface area (Å²) in [4.78, 5) is 18.2. The quantitative estimate of drug-likeness (QED) is 0.651. The van der Waals surface area contributed by atoms with Crippen molar-refractivity contribution in [2.75, 3.05) is 19.4 Å². The third-order valence-electron chi connectivity index (χ3n) is 4.17. The van der Waals surface area contributed by atoms with E-state index in [1.165, 1.54) is 16.5 Å². The molecule has 2 aromatic heterocycles. The highest BCUT2D eigenvalue weighted by Gasteiger charge is 2.34. The van der Waals surface area contributed by atoms with E-state index >= 15 is 0 Å². The molecule has 0 saturated carbocycles. The molecular formula is C18H23N5O5S2. The van der Waals surface area contributed by atoms with Crippen molar-refractivity contribution in [3.63, 3.8) is 0 Å². The third-order valence-corrected chi connectivity index (χ3v) is 6.00. The van der Waals surface area contributed by atoms with Crippen LogP contribution < -0.4 is 10.0 Å². The second-order valence-corrected chi connectivity index (χ2v) is 10.1. The van der Waals surface area contributed by atoms with Crippen LogP contribution in [0.3, 0.4) is 0 Å². The molecule has 1 amide bonds. The van der Waals surface area contributed by atoms with Crippen molar-refractivity contribution < 1.29 is 22.7 Å². The van der Waals surface area contributed by atoms with Crippen molar-refractivity contribution in [3.05, 3.63) is 34.4 Å². The van der Waals surface area contributed by atoms with Crippen molar-refractivity contribution in [3.8, 4) is 5.75 Å². The minimum absolute atomic E-state index is 0.0163. The Bertz CT molecular complexity index is 1110. The van der Waals surface area contributed by atoms with Crippen LogP contribution in [0.4, 0.5) is 5.69 Å². The number of carbonyl (C=O) groups excluding carboxylic acids is 1. The van der Waals surface area contributed by atoms with E-state index in [0.29, 0.717) is 5.76 Å². The van der Waals surface area contributed by atoms with E-state index in [1.54, 1.807) is 26.2 Å². The lowest BCUT2D eigenvalue weighted by Crippen LogP contribution is -2.32. The van der Waals surface area contributed by atoms with E-state index in [2.05, 4.69) is 19.4 Å². The molecule has 0 saturated heterocycles. The normalized spacial score (nSPS) is 18.0. The van der Waals surface area contributed by atoms with E-state index in [-0.39, 0.29) is 39.3 Å². The van der Waals surface area contributed by atoms with Crippen molar-refractivity contribution >= 4 is 44.8 Å². The van der Waals surface area contributed by atoms with Crippen LogP contribution in [0, 0.1) is 5.41 Å². The minimum atomic E-state index is -4.00. The van der Waals surface area contributed by atoms with Gasteiger partial charge in [-0.25, -0.2) is 4.72 Å². The molecule has 30 heavy (non-hydrogen) atoms. The molecule has 3 N–H and O–H groups in total. The predicted molar refractivity (Wildman–Crippen MR) is 115 cm³/mol. The lowest BCUT2D eigenvalue weighted by Gasteiger charge is -2.26. The lowest BCUT2D eigenvalue weighted by atomic mass is 9.85. The average Bonchev–Trinajstić information content (AvgIpc) is 3.32. The molecule has 0 spiro atoms. The van der Waals surface area contributed by atoms with Crippen molar-refractivity contribution in [1.29, 1.82) is 0 Å². The number of amidine groups is 2. The summed E-state index contributed by atoms with van der Waals surface area (Å²) in [6.45, 7) is 5.84. The first kappa shape index (κ1) is 21.8. The Labute approximate surface area is 178 Å². The zero-order valence-corrected chi connectivity index (χ0v) is 18.8. The first-order valence-electron chi connectivity index (χ1n) is 8.92. The van der Waals surface area contributed by atoms with Gasteiger partial charge in [0.1, 0.15) is 16.7 Å². The maximum atomic E-state index is 12.1. The molecule has 1 aliphatic rings. The van der Waals surface area contributed by atoms with Gasteiger partial charge in [-0.2, -0.15) is 8.42 Å². The summed E-state index contributed by atoms with van der Waals surface area (Å²) in [5, 5.41) is 14.7. The predicted octanol–water partition coefficient (Wildman–Crippen LogP) is 2.59. The van der Waals surface area contributed by atoms with Gasteiger partial charge >= 0.3 is 10.2 Å². The van der Waals surface area contributed by atoms with Crippen LogP contribution in [0.15, 0.2) is 37.6 Å². The lowest BCUT2D eigenvalue weighted by molar-refractivity contribution is 0.0829. The molecular weight excluding hydrogens is 430 g/mol. The molecule has 2 aromatic rings. The Morgan fingerprint density at radius 2 is 2.10 bits per heavy atom. The van der Waals surface area contributed by atoms with Crippen molar-refractivity contribution in [2.45, 2.75) is 26.8 Å². The Kier molecular flexibility index (Phi) is 5.65.